The Morgan fingerprint density at radius 2 is 2.11 bits per heavy atom. The standard InChI is InChI=1S/C13H15ClN2O3/c14-11-9(4-3-7-15-11)12(19)16-13(8-10(17)18)5-1-2-6-13/h3-4,7H,1-2,5-6,8H2,(H,16,19)(H,17,18). The molecule has 0 aliphatic heterocycles. The Kier molecular flexibility index (Phi) is 4.04. The molecule has 1 aromatic heterocycles. The summed E-state index contributed by atoms with van der Waals surface area (Å²) in [5.74, 6) is -1.26. The average molecular weight is 283 g/mol. The zero-order valence-corrected chi connectivity index (χ0v) is 11.1. The molecule has 0 bridgehead atoms. The number of nitrogens with zero attached hydrogens (tertiary/aromatic N) is 1. The Bertz CT molecular complexity index is 498. The van der Waals surface area contributed by atoms with Gasteiger partial charge in [-0.05, 0) is 25.0 Å². The van der Waals surface area contributed by atoms with Gasteiger partial charge >= 0.3 is 5.97 Å². The van der Waals surface area contributed by atoms with Crippen LogP contribution in [0.5, 0.6) is 0 Å². The number of carbonyl (C=O) groups is 2. The van der Waals surface area contributed by atoms with Gasteiger partial charge in [0, 0.05) is 6.20 Å². The Balaban J connectivity index is 2.16. The molecule has 1 aliphatic carbocycles. The van der Waals surface area contributed by atoms with Crippen molar-refractivity contribution in [3.05, 3.63) is 29.0 Å². The maximum absolute atomic E-state index is 12.2. The Morgan fingerprint density at radius 3 is 2.68 bits per heavy atom. The highest BCUT2D eigenvalue weighted by molar-refractivity contribution is 6.32. The van der Waals surface area contributed by atoms with E-state index in [4.69, 9.17) is 16.7 Å². The summed E-state index contributed by atoms with van der Waals surface area (Å²) in [7, 11) is 0. The third kappa shape index (κ3) is 3.23. The smallest absolute Gasteiger partial charge is 0.305 e. The van der Waals surface area contributed by atoms with E-state index in [9.17, 15) is 9.59 Å². The fourth-order valence-corrected chi connectivity index (χ4v) is 2.76. The highest BCUT2D eigenvalue weighted by Crippen LogP contribution is 2.33. The van der Waals surface area contributed by atoms with E-state index >= 15 is 0 Å². The first-order chi connectivity index (χ1) is 9.02. The zero-order valence-electron chi connectivity index (χ0n) is 10.4. The predicted molar refractivity (Wildman–Crippen MR) is 70.2 cm³/mol. The summed E-state index contributed by atoms with van der Waals surface area (Å²) >= 11 is 5.87. The molecule has 0 aromatic carbocycles. The van der Waals surface area contributed by atoms with Gasteiger partial charge in [-0.15, -0.1) is 0 Å². The average Bonchev–Trinajstić information content (AvgIpc) is 2.76. The van der Waals surface area contributed by atoms with Crippen LogP contribution in [0.15, 0.2) is 18.3 Å². The number of hydrogen-bond acceptors (Lipinski definition) is 3. The molecule has 0 unspecified atom stereocenters. The third-order valence-electron chi connectivity index (χ3n) is 3.43. The number of hydrogen-bond donors (Lipinski definition) is 2. The lowest BCUT2D eigenvalue weighted by molar-refractivity contribution is -0.138. The normalized spacial score (nSPS) is 17.1. The molecular formula is C13H15ClN2O3. The van der Waals surface area contributed by atoms with Crippen LogP contribution in [-0.4, -0.2) is 27.5 Å². The van der Waals surface area contributed by atoms with Crippen LogP contribution in [0.25, 0.3) is 0 Å². The quantitative estimate of drug-likeness (QED) is 0.830. The number of carboxylic acid groups (broad SMARTS) is 1. The van der Waals surface area contributed by atoms with Gasteiger partial charge in [0.15, 0.2) is 0 Å². The van der Waals surface area contributed by atoms with Crippen molar-refractivity contribution < 1.29 is 14.7 Å². The van der Waals surface area contributed by atoms with Crippen LogP contribution in [0, 0.1) is 0 Å². The van der Waals surface area contributed by atoms with Crippen LogP contribution < -0.4 is 5.32 Å². The summed E-state index contributed by atoms with van der Waals surface area (Å²) in [5.41, 5.74) is -0.372. The van der Waals surface area contributed by atoms with Crippen molar-refractivity contribution >= 4 is 23.5 Å². The summed E-state index contributed by atoms with van der Waals surface area (Å²) in [4.78, 5) is 27.0. The maximum atomic E-state index is 12.2. The van der Waals surface area contributed by atoms with Crippen LogP contribution in [0.4, 0.5) is 0 Å². The maximum Gasteiger partial charge on any atom is 0.305 e. The number of rotatable bonds is 4. The first-order valence-electron chi connectivity index (χ1n) is 6.17. The van der Waals surface area contributed by atoms with Crippen LogP contribution >= 0.6 is 11.6 Å². The zero-order chi connectivity index (χ0) is 13.9. The van der Waals surface area contributed by atoms with Gasteiger partial charge in [0.2, 0.25) is 0 Å². The summed E-state index contributed by atoms with van der Waals surface area (Å²) in [6.45, 7) is 0. The van der Waals surface area contributed by atoms with Crippen molar-refractivity contribution in [2.45, 2.75) is 37.6 Å². The first kappa shape index (κ1) is 13.8. The van der Waals surface area contributed by atoms with E-state index in [0.717, 1.165) is 12.8 Å². The van der Waals surface area contributed by atoms with Crippen molar-refractivity contribution in [2.75, 3.05) is 0 Å². The van der Waals surface area contributed by atoms with Crippen molar-refractivity contribution in [2.24, 2.45) is 0 Å². The number of aliphatic carboxylic acids is 1. The molecule has 5 nitrogen and oxygen atoms in total. The molecule has 1 aliphatic rings. The van der Waals surface area contributed by atoms with Crippen molar-refractivity contribution in [1.82, 2.24) is 10.3 Å². The lowest BCUT2D eigenvalue weighted by Gasteiger charge is -2.28. The number of halogens is 1. The molecular weight excluding hydrogens is 268 g/mol. The van der Waals surface area contributed by atoms with Gasteiger partial charge in [-0.25, -0.2) is 4.98 Å². The predicted octanol–water partition coefficient (Wildman–Crippen LogP) is 2.25. The molecule has 6 heteroatoms. The van der Waals surface area contributed by atoms with E-state index < -0.39 is 11.5 Å². The van der Waals surface area contributed by atoms with Crippen molar-refractivity contribution in [3.8, 4) is 0 Å². The highest BCUT2D eigenvalue weighted by atomic mass is 35.5. The van der Waals surface area contributed by atoms with Gasteiger partial charge < -0.3 is 10.4 Å². The summed E-state index contributed by atoms with van der Waals surface area (Å²) in [6, 6.07) is 3.20. The van der Waals surface area contributed by atoms with Gasteiger partial charge in [0.05, 0.1) is 17.5 Å². The van der Waals surface area contributed by atoms with Gasteiger partial charge in [0.1, 0.15) is 5.15 Å². The first-order valence-corrected chi connectivity index (χ1v) is 6.55. The van der Waals surface area contributed by atoms with Crippen LogP contribution in [-0.2, 0) is 4.79 Å². The second-order valence-electron chi connectivity index (χ2n) is 4.85. The molecule has 0 radical (unpaired) electrons. The molecule has 2 N–H and O–H groups in total. The molecule has 0 saturated heterocycles. The monoisotopic (exact) mass is 282 g/mol. The number of pyridine rings is 1. The Morgan fingerprint density at radius 1 is 1.42 bits per heavy atom. The molecule has 19 heavy (non-hydrogen) atoms. The lowest BCUT2D eigenvalue weighted by atomic mass is 9.93. The van der Waals surface area contributed by atoms with Gasteiger partial charge in [0.25, 0.3) is 5.91 Å². The lowest BCUT2D eigenvalue weighted by Crippen LogP contribution is -2.47. The molecule has 102 valence electrons. The minimum absolute atomic E-state index is 0.0589. The number of nitrogens with one attached hydrogen (secondary N) is 1. The third-order valence-corrected chi connectivity index (χ3v) is 3.73. The van der Waals surface area contributed by atoms with Crippen molar-refractivity contribution in [1.29, 1.82) is 0 Å². The van der Waals surface area contributed by atoms with E-state index in [1.165, 1.54) is 6.20 Å². The largest absolute Gasteiger partial charge is 0.481 e. The van der Waals surface area contributed by atoms with Gasteiger partial charge in [-0.3, -0.25) is 9.59 Å². The fourth-order valence-electron chi connectivity index (χ4n) is 2.55. The van der Waals surface area contributed by atoms with E-state index in [0.29, 0.717) is 12.8 Å². The molecule has 1 amide bonds. The van der Waals surface area contributed by atoms with E-state index in [1.54, 1.807) is 12.1 Å². The summed E-state index contributed by atoms with van der Waals surface area (Å²) < 4.78 is 0. The number of amides is 1. The summed E-state index contributed by atoms with van der Waals surface area (Å²) in [5, 5.41) is 12.0. The molecule has 0 atom stereocenters. The highest BCUT2D eigenvalue weighted by Gasteiger charge is 2.37. The minimum atomic E-state index is -0.903. The topological polar surface area (TPSA) is 79.3 Å². The number of aromatic nitrogens is 1. The van der Waals surface area contributed by atoms with Gasteiger partial charge in [-0.1, -0.05) is 24.4 Å². The summed E-state index contributed by atoms with van der Waals surface area (Å²) in [6.07, 6.45) is 4.66. The molecule has 1 heterocycles. The van der Waals surface area contributed by atoms with Crippen LogP contribution in [0.1, 0.15) is 42.5 Å². The minimum Gasteiger partial charge on any atom is -0.481 e. The van der Waals surface area contributed by atoms with Gasteiger partial charge in [-0.2, -0.15) is 0 Å². The van der Waals surface area contributed by atoms with Crippen LogP contribution in [0.3, 0.4) is 0 Å². The molecule has 1 saturated carbocycles. The Hall–Kier alpha value is -1.62. The number of carbonyl (C=O) groups excluding carboxylic acids is 1. The van der Waals surface area contributed by atoms with E-state index in [2.05, 4.69) is 10.3 Å². The molecule has 2 rings (SSSR count). The SMILES string of the molecule is O=C(O)CC1(NC(=O)c2cccnc2Cl)CCCC1. The van der Waals surface area contributed by atoms with E-state index in [-0.39, 0.29) is 23.0 Å². The van der Waals surface area contributed by atoms with Crippen molar-refractivity contribution in [3.63, 3.8) is 0 Å². The Labute approximate surface area is 116 Å². The van der Waals surface area contributed by atoms with E-state index in [1.807, 2.05) is 0 Å². The number of carboxylic acids is 1. The fraction of sp³-hybridized carbons (Fsp3) is 0.462. The molecule has 1 aromatic rings. The molecule has 1 fully saturated rings. The second kappa shape index (κ2) is 5.57. The second-order valence-corrected chi connectivity index (χ2v) is 5.21. The molecule has 0 spiro atoms. The van der Waals surface area contributed by atoms with Crippen LogP contribution in [0.2, 0.25) is 5.15 Å².